The minimum Gasteiger partial charge on any atom is -0.392 e. The molecule has 1 aromatic rings. The number of aryl methyl sites for hydroxylation is 1. The summed E-state index contributed by atoms with van der Waals surface area (Å²) in [6, 6.07) is 0. The molecule has 1 aliphatic heterocycles. The Labute approximate surface area is 125 Å². The molecule has 10 nitrogen and oxygen atoms in total. The topological polar surface area (TPSA) is 171 Å². The second-order valence-electron chi connectivity index (χ2n) is 5.03. The smallest absolute Gasteiger partial charge is 0.276 e. The Morgan fingerprint density at radius 3 is 2.68 bits per heavy atom. The lowest BCUT2D eigenvalue weighted by molar-refractivity contribution is -0.106. The maximum absolute atomic E-state index is 12.1. The number of nitrogens with zero attached hydrogens (tertiary/aromatic N) is 2. The summed E-state index contributed by atoms with van der Waals surface area (Å²) < 4.78 is 5.34. The van der Waals surface area contributed by atoms with Crippen LogP contribution in [0.25, 0.3) is 0 Å². The van der Waals surface area contributed by atoms with E-state index in [-0.39, 0.29) is 17.3 Å². The fourth-order valence-corrected chi connectivity index (χ4v) is 2.39. The summed E-state index contributed by atoms with van der Waals surface area (Å²) in [7, 11) is 0. The molecule has 0 aliphatic carbocycles. The van der Waals surface area contributed by atoms with Crippen molar-refractivity contribution in [3.05, 3.63) is 28.8 Å². The molecule has 10 heteroatoms. The molecule has 0 amide bonds. The minimum atomic E-state index is -1.85. The molecule has 0 unspecified atom stereocenters. The van der Waals surface area contributed by atoms with Gasteiger partial charge >= 0.3 is 0 Å². The van der Waals surface area contributed by atoms with Crippen molar-refractivity contribution in [1.29, 1.82) is 0 Å². The Hall–Kier alpha value is -1.98. The molecule has 8 N–H and O–H groups in total. The second kappa shape index (κ2) is 5.66. The van der Waals surface area contributed by atoms with Gasteiger partial charge in [0.15, 0.2) is 12.0 Å². The molecular formula is C12H19N5O5. The first-order chi connectivity index (χ1) is 10.2. The van der Waals surface area contributed by atoms with Crippen LogP contribution in [0.5, 0.6) is 0 Å². The molecule has 122 valence electrons. The third-order valence-electron chi connectivity index (χ3n) is 3.52. The lowest BCUT2D eigenvalue weighted by atomic mass is 10.1. The maximum Gasteiger partial charge on any atom is 0.276 e. The molecule has 0 bridgehead atoms. The highest BCUT2D eigenvalue weighted by Gasteiger charge is 2.53. The Balaban J connectivity index is 2.47. The molecule has 1 fully saturated rings. The van der Waals surface area contributed by atoms with E-state index < -0.39 is 36.3 Å². The molecule has 22 heavy (non-hydrogen) atoms. The SMILES string of the molecule is C=CN(c1c(C)nc(N)[nH]c1=O)[C@@H]1O[C@](N)(CO)[C@@H](O)[C@H]1O. The zero-order valence-electron chi connectivity index (χ0n) is 11.9. The molecule has 2 heterocycles. The van der Waals surface area contributed by atoms with E-state index in [9.17, 15) is 20.1 Å². The van der Waals surface area contributed by atoms with Gasteiger partial charge in [0.2, 0.25) is 5.95 Å². The number of ether oxygens (including phenoxy) is 1. The standard InChI is InChI=1S/C12H19N5O5/c1-3-17(6-5(2)15-11(13)16-9(6)21)10-7(19)8(20)12(14,4-18)22-10/h3,7-8,10,18-20H,1,4,14H2,2H3,(H3,13,15,16,21)/t7-,8+,10-,12-/m1/s1. The van der Waals surface area contributed by atoms with Crippen molar-refractivity contribution in [2.45, 2.75) is 31.1 Å². The lowest BCUT2D eigenvalue weighted by Gasteiger charge is -2.29. The number of hydrogen-bond donors (Lipinski definition) is 6. The molecule has 2 rings (SSSR count). The van der Waals surface area contributed by atoms with E-state index in [2.05, 4.69) is 16.5 Å². The predicted molar refractivity (Wildman–Crippen MR) is 77.6 cm³/mol. The molecular weight excluding hydrogens is 294 g/mol. The van der Waals surface area contributed by atoms with E-state index >= 15 is 0 Å². The predicted octanol–water partition coefficient (Wildman–Crippen LogP) is -2.66. The van der Waals surface area contributed by atoms with Crippen LogP contribution in [0.1, 0.15) is 5.69 Å². The van der Waals surface area contributed by atoms with Gasteiger partial charge in [0.1, 0.15) is 17.9 Å². The number of nitrogen functional groups attached to an aromatic ring is 1. The highest BCUT2D eigenvalue weighted by atomic mass is 16.6. The Bertz CT molecular complexity index is 635. The van der Waals surface area contributed by atoms with Gasteiger partial charge in [0, 0.05) is 0 Å². The van der Waals surface area contributed by atoms with Crippen molar-refractivity contribution in [1.82, 2.24) is 9.97 Å². The summed E-state index contributed by atoms with van der Waals surface area (Å²) in [5.74, 6) is -0.0632. The van der Waals surface area contributed by atoms with Crippen molar-refractivity contribution in [3.63, 3.8) is 0 Å². The van der Waals surface area contributed by atoms with Gasteiger partial charge in [0.05, 0.1) is 12.3 Å². The fourth-order valence-electron chi connectivity index (χ4n) is 2.39. The van der Waals surface area contributed by atoms with Crippen LogP contribution in [0.4, 0.5) is 11.6 Å². The number of aliphatic hydroxyl groups excluding tert-OH is 3. The fraction of sp³-hybridized carbons (Fsp3) is 0.500. The van der Waals surface area contributed by atoms with Crippen LogP contribution in [0.3, 0.4) is 0 Å². The van der Waals surface area contributed by atoms with Crippen LogP contribution in [0.15, 0.2) is 17.6 Å². The van der Waals surface area contributed by atoms with Crippen LogP contribution < -0.4 is 21.9 Å². The summed E-state index contributed by atoms with van der Waals surface area (Å²) in [4.78, 5) is 19.5. The first kappa shape index (κ1) is 16.4. The van der Waals surface area contributed by atoms with Crippen molar-refractivity contribution in [2.24, 2.45) is 5.73 Å². The van der Waals surface area contributed by atoms with Crippen LogP contribution in [0, 0.1) is 6.92 Å². The van der Waals surface area contributed by atoms with E-state index in [0.717, 1.165) is 0 Å². The summed E-state index contributed by atoms with van der Waals surface area (Å²) in [5, 5.41) is 29.3. The molecule has 4 atom stereocenters. The Morgan fingerprint density at radius 2 is 2.23 bits per heavy atom. The van der Waals surface area contributed by atoms with Gasteiger partial charge in [-0.2, -0.15) is 0 Å². The van der Waals surface area contributed by atoms with Crippen molar-refractivity contribution in [3.8, 4) is 0 Å². The molecule has 0 aromatic carbocycles. The van der Waals surface area contributed by atoms with E-state index in [0.29, 0.717) is 0 Å². The summed E-state index contributed by atoms with van der Waals surface area (Å²) in [5.41, 5.74) is 9.01. The second-order valence-corrected chi connectivity index (χ2v) is 5.03. The zero-order valence-corrected chi connectivity index (χ0v) is 11.9. The monoisotopic (exact) mass is 313 g/mol. The Kier molecular flexibility index (Phi) is 4.22. The van der Waals surface area contributed by atoms with Crippen LogP contribution >= 0.6 is 0 Å². The largest absolute Gasteiger partial charge is 0.392 e. The first-order valence-corrected chi connectivity index (χ1v) is 6.46. The number of H-pyrrole nitrogens is 1. The Morgan fingerprint density at radius 1 is 1.59 bits per heavy atom. The highest BCUT2D eigenvalue weighted by Crippen LogP contribution is 2.31. The van der Waals surface area contributed by atoms with Gasteiger partial charge in [-0.25, -0.2) is 4.98 Å². The number of hydrogen-bond acceptors (Lipinski definition) is 9. The van der Waals surface area contributed by atoms with Gasteiger partial charge in [-0.1, -0.05) is 6.58 Å². The third-order valence-corrected chi connectivity index (χ3v) is 3.52. The number of aromatic nitrogens is 2. The molecule has 0 saturated carbocycles. The average molecular weight is 313 g/mol. The van der Waals surface area contributed by atoms with Crippen molar-refractivity contribution < 1.29 is 20.1 Å². The number of aliphatic hydroxyl groups is 3. The van der Waals surface area contributed by atoms with Crippen LogP contribution in [-0.2, 0) is 4.74 Å². The maximum atomic E-state index is 12.1. The number of anilines is 2. The zero-order chi connectivity index (χ0) is 16.7. The van der Waals surface area contributed by atoms with Gasteiger partial charge in [-0.05, 0) is 13.1 Å². The number of nitrogens with one attached hydrogen (secondary N) is 1. The van der Waals surface area contributed by atoms with Gasteiger partial charge in [0.25, 0.3) is 5.56 Å². The molecule has 1 aromatic heterocycles. The van der Waals surface area contributed by atoms with Crippen molar-refractivity contribution >= 4 is 11.6 Å². The van der Waals surface area contributed by atoms with Gasteiger partial charge in [-0.15, -0.1) is 0 Å². The number of aromatic amines is 1. The minimum absolute atomic E-state index is 0.0302. The first-order valence-electron chi connectivity index (χ1n) is 6.46. The highest BCUT2D eigenvalue weighted by molar-refractivity contribution is 5.53. The number of rotatable bonds is 4. The van der Waals surface area contributed by atoms with E-state index in [1.165, 1.54) is 18.0 Å². The molecule has 0 radical (unpaired) electrons. The quantitative estimate of drug-likeness (QED) is 0.347. The van der Waals surface area contributed by atoms with E-state index in [1.54, 1.807) is 0 Å². The molecule has 1 aliphatic rings. The van der Waals surface area contributed by atoms with Gasteiger partial charge < -0.3 is 30.7 Å². The summed E-state index contributed by atoms with van der Waals surface area (Å²) in [6.45, 7) is 4.38. The third kappa shape index (κ3) is 2.46. The average Bonchev–Trinajstić information content (AvgIpc) is 2.68. The summed E-state index contributed by atoms with van der Waals surface area (Å²) in [6.07, 6.45) is -3.04. The molecule has 0 spiro atoms. The van der Waals surface area contributed by atoms with Crippen LogP contribution in [0.2, 0.25) is 0 Å². The molecule has 1 saturated heterocycles. The van der Waals surface area contributed by atoms with Crippen molar-refractivity contribution in [2.75, 3.05) is 17.2 Å². The van der Waals surface area contributed by atoms with Gasteiger partial charge in [-0.3, -0.25) is 15.5 Å². The van der Waals surface area contributed by atoms with E-state index in [4.69, 9.17) is 16.2 Å². The normalized spacial score (nSPS) is 31.2. The number of nitrogens with two attached hydrogens (primary N) is 2. The van der Waals surface area contributed by atoms with Crippen LogP contribution in [-0.4, -0.2) is 56.1 Å². The van der Waals surface area contributed by atoms with E-state index in [1.807, 2.05) is 0 Å². The summed E-state index contributed by atoms with van der Waals surface area (Å²) >= 11 is 0. The lowest BCUT2D eigenvalue weighted by Crippen LogP contribution is -2.54.